The van der Waals surface area contributed by atoms with Gasteiger partial charge in [-0.1, -0.05) is 0 Å². The molecule has 0 aliphatic carbocycles. The molecule has 0 bridgehead atoms. The molecule has 0 atom stereocenters. The predicted molar refractivity (Wildman–Crippen MR) is 76.2 cm³/mol. The zero-order valence-electron chi connectivity index (χ0n) is 9.44. The van der Waals surface area contributed by atoms with Gasteiger partial charge in [0.1, 0.15) is 5.01 Å². The van der Waals surface area contributed by atoms with Crippen LogP contribution in [0.2, 0.25) is 0 Å². The molecule has 1 aromatic rings. The average molecular weight is 340 g/mol. The summed E-state index contributed by atoms with van der Waals surface area (Å²) in [5.41, 5.74) is 1.08. The van der Waals surface area contributed by atoms with E-state index in [4.69, 9.17) is 0 Å². The summed E-state index contributed by atoms with van der Waals surface area (Å²) >= 11 is 1.67. The minimum absolute atomic E-state index is 0. The fourth-order valence-corrected chi connectivity index (χ4v) is 1.79. The van der Waals surface area contributed by atoms with Gasteiger partial charge in [0.2, 0.25) is 0 Å². The van der Waals surface area contributed by atoms with E-state index in [9.17, 15) is 0 Å². The minimum atomic E-state index is 0. The molecule has 0 aromatic carbocycles. The molecule has 1 rings (SSSR count). The van der Waals surface area contributed by atoms with Gasteiger partial charge in [-0.25, -0.2) is 4.98 Å². The Morgan fingerprint density at radius 1 is 1.60 bits per heavy atom. The van der Waals surface area contributed by atoms with Gasteiger partial charge in [-0.3, -0.25) is 4.99 Å². The monoisotopic (exact) mass is 340 g/mol. The number of halogens is 1. The topological polar surface area (TPSA) is 40.5 Å². The van der Waals surface area contributed by atoms with Crippen molar-refractivity contribution < 1.29 is 0 Å². The molecular formula is C9H17IN4S. The quantitative estimate of drug-likeness (QED) is 0.506. The largest absolute Gasteiger partial charge is 0.350 e. The van der Waals surface area contributed by atoms with Gasteiger partial charge in [0, 0.05) is 32.2 Å². The van der Waals surface area contributed by atoms with Gasteiger partial charge in [-0.2, -0.15) is 0 Å². The van der Waals surface area contributed by atoms with Gasteiger partial charge in [0.05, 0.1) is 6.54 Å². The number of hydrogen-bond donors (Lipinski definition) is 1. The zero-order chi connectivity index (χ0) is 10.6. The van der Waals surface area contributed by atoms with Crippen LogP contribution in [0.25, 0.3) is 0 Å². The van der Waals surface area contributed by atoms with Crippen molar-refractivity contribution in [2.24, 2.45) is 4.99 Å². The van der Waals surface area contributed by atoms with E-state index in [2.05, 4.69) is 20.7 Å². The Morgan fingerprint density at radius 2 is 2.27 bits per heavy atom. The maximum atomic E-state index is 4.36. The standard InChI is InChI=1S/C9H16N4S.HI/c1-7-6-14-8(12-7)5-11-9(10-2)13(3)4;/h6H,5H2,1-4H3,(H,10,11);1H. The molecule has 86 valence electrons. The average Bonchev–Trinajstić information content (AvgIpc) is 2.52. The molecule has 4 nitrogen and oxygen atoms in total. The maximum Gasteiger partial charge on any atom is 0.193 e. The summed E-state index contributed by atoms with van der Waals surface area (Å²) in [6.07, 6.45) is 0. The van der Waals surface area contributed by atoms with Gasteiger partial charge in [-0.05, 0) is 6.92 Å². The molecule has 0 fully saturated rings. The third-order valence-corrected chi connectivity index (χ3v) is 2.67. The molecule has 0 spiro atoms. The summed E-state index contributed by atoms with van der Waals surface area (Å²) < 4.78 is 0. The van der Waals surface area contributed by atoms with Crippen LogP contribution in [0.4, 0.5) is 0 Å². The van der Waals surface area contributed by atoms with Crippen LogP contribution in [0.1, 0.15) is 10.7 Å². The van der Waals surface area contributed by atoms with Crippen molar-refractivity contribution in [3.05, 3.63) is 16.1 Å². The zero-order valence-corrected chi connectivity index (χ0v) is 12.6. The Balaban J connectivity index is 0.00000196. The van der Waals surface area contributed by atoms with Gasteiger partial charge >= 0.3 is 0 Å². The Morgan fingerprint density at radius 3 is 2.67 bits per heavy atom. The molecule has 6 heteroatoms. The Bertz CT molecular complexity index is 322. The van der Waals surface area contributed by atoms with E-state index < -0.39 is 0 Å². The first kappa shape index (κ1) is 14.6. The van der Waals surface area contributed by atoms with Crippen LogP contribution in [-0.2, 0) is 6.54 Å². The van der Waals surface area contributed by atoms with Gasteiger partial charge in [0.15, 0.2) is 5.96 Å². The van der Waals surface area contributed by atoms with Crippen LogP contribution in [0, 0.1) is 6.92 Å². The van der Waals surface area contributed by atoms with Crippen LogP contribution in [0.15, 0.2) is 10.4 Å². The smallest absolute Gasteiger partial charge is 0.193 e. The number of aromatic nitrogens is 1. The number of rotatable bonds is 2. The Kier molecular flexibility index (Phi) is 6.82. The third kappa shape index (κ3) is 4.78. The maximum absolute atomic E-state index is 4.36. The van der Waals surface area contributed by atoms with Crippen molar-refractivity contribution in [3.63, 3.8) is 0 Å². The number of aliphatic imine (C=N–C) groups is 1. The SMILES string of the molecule is CN=C(NCc1nc(C)cs1)N(C)C.I. The van der Waals surface area contributed by atoms with Crippen molar-refractivity contribution in [2.45, 2.75) is 13.5 Å². The number of hydrogen-bond acceptors (Lipinski definition) is 3. The first-order valence-electron chi connectivity index (χ1n) is 4.42. The van der Waals surface area contributed by atoms with Crippen LogP contribution >= 0.6 is 35.3 Å². The molecule has 0 saturated heterocycles. The number of thiazole rings is 1. The highest BCUT2D eigenvalue weighted by Crippen LogP contribution is 2.07. The highest BCUT2D eigenvalue weighted by Gasteiger charge is 2.02. The van der Waals surface area contributed by atoms with E-state index in [1.54, 1.807) is 18.4 Å². The van der Waals surface area contributed by atoms with E-state index in [0.717, 1.165) is 23.2 Å². The summed E-state index contributed by atoms with van der Waals surface area (Å²) in [4.78, 5) is 10.4. The highest BCUT2D eigenvalue weighted by atomic mass is 127. The van der Waals surface area contributed by atoms with E-state index in [1.165, 1.54) is 0 Å². The summed E-state index contributed by atoms with van der Waals surface area (Å²) in [5.74, 6) is 0.873. The first-order chi connectivity index (χ1) is 6.63. The molecule has 0 amide bonds. The number of guanidine groups is 1. The second-order valence-electron chi connectivity index (χ2n) is 3.18. The number of nitrogens with one attached hydrogen (secondary N) is 1. The molecule has 0 aliphatic rings. The van der Waals surface area contributed by atoms with Crippen LogP contribution < -0.4 is 5.32 Å². The molecule has 0 saturated carbocycles. The van der Waals surface area contributed by atoms with Gasteiger partial charge in [0.25, 0.3) is 0 Å². The lowest BCUT2D eigenvalue weighted by atomic mass is 10.5. The predicted octanol–water partition coefficient (Wildman–Crippen LogP) is 1.71. The highest BCUT2D eigenvalue weighted by molar-refractivity contribution is 14.0. The summed E-state index contributed by atoms with van der Waals surface area (Å²) in [6, 6.07) is 0. The van der Waals surface area contributed by atoms with Crippen molar-refractivity contribution in [3.8, 4) is 0 Å². The first-order valence-corrected chi connectivity index (χ1v) is 5.30. The molecule has 1 aromatic heterocycles. The van der Waals surface area contributed by atoms with Gasteiger partial charge in [-0.15, -0.1) is 35.3 Å². The van der Waals surface area contributed by atoms with E-state index in [-0.39, 0.29) is 24.0 Å². The van der Waals surface area contributed by atoms with E-state index in [0.29, 0.717) is 0 Å². The third-order valence-electron chi connectivity index (χ3n) is 1.70. The van der Waals surface area contributed by atoms with E-state index in [1.807, 2.05) is 25.9 Å². The fraction of sp³-hybridized carbons (Fsp3) is 0.556. The van der Waals surface area contributed by atoms with Crippen LogP contribution in [-0.4, -0.2) is 37.0 Å². The van der Waals surface area contributed by atoms with Gasteiger partial charge < -0.3 is 10.2 Å². The summed E-state index contributed by atoms with van der Waals surface area (Å²) in [6.45, 7) is 2.74. The summed E-state index contributed by atoms with van der Waals surface area (Å²) in [5, 5.41) is 6.36. The van der Waals surface area contributed by atoms with E-state index >= 15 is 0 Å². The molecule has 15 heavy (non-hydrogen) atoms. The second-order valence-corrected chi connectivity index (χ2v) is 4.12. The lowest BCUT2D eigenvalue weighted by Crippen LogP contribution is -2.35. The van der Waals surface area contributed by atoms with Crippen molar-refractivity contribution in [2.75, 3.05) is 21.1 Å². The summed E-state index contributed by atoms with van der Waals surface area (Å²) in [7, 11) is 5.69. The number of aryl methyl sites for hydroxylation is 1. The van der Waals surface area contributed by atoms with Crippen molar-refractivity contribution in [1.29, 1.82) is 0 Å². The lowest BCUT2D eigenvalue weighted by Gasteiger charge is -2.15. The molecule has 0 aliphatic heterocycles. The Labute approximate surface area is 112 Å². The second kappa shape index (κ2) is 7.00. The van der Waals surface area contributed by atoms with Crippen molar-refractivity contribution in [1.82, 2.24) is 15.2 Å². The fourth-order valence-electron chi connectivity index (χ4n) is 1.08. The minimum Gasteiger partial charge on any atom is -0.350 e. The number of nitrogens with zero attached hydrogens (tertiary/aromatic N) is 3. The van der Waals surface area contributed by atoms with Crippen LogP contribution in [0.3, 0.4) is 0 Å². The lowest BCUT2D eigenvalue weighted by molar-refractivity contribution is 0.582. The molecule has 0 radical (unpaired) electrons. The Hall–Kier alpha value is -0.370. The molecular weight excluding hydrogens is 323 g/mol. The normalized spacial score (nSPS) is 10.8. The molecule has 1 heterocycles. The molecule has 1 N–H and O–H groups in total. The van der Waals surface area contributed by atoms with Crippen LogP contribution in [0.5, 0.6) is 0 Å². The molecule has 0 unspecified atom stereocenters. The van der Waals surface area contributed by atoms with Crippen molar-refractivity contribution >= 4 is 41.3 Å².